The minimum Gasteiger partial charge on any atom is -0.369 e. The van der Waals surface area contributed by atoms with Gasteiger partial charge < -0.3 is 4.74 Å². The van der Waals surface area contributed by atoms with Gasteiger partial charge in [-0.15, -0.1) is 0 Å². The van der Waals surface area contributed by atoms with Crippen LogP contribution in [0.2, 0.25) is 0 Å². The highest BCUT2D eigenvalue weighted by Crippen LogP contribution is 1.98. The van der Waals surface area contributed by atoms with E-state index in [0.29, 0.717) is 12.9 Å². The molecule has 0 aromatic carbocycles. The lowest BCUT2D eigenvalue weighted by Crippen LogP contribution is -1.94. The molecular formula is C10H16O2. The average Bonchev–Trinajstić information content (AvgIpc) is 2.10. The Kier molecular flexibility index (Phi) is 9.50. The SMILES string of the molecule is CCCCCCOCC#CC=O. The Balaban J connectivity index is 2.95. The van der Waals surface area contributed by atoms with Gasteiger partial charge in [0.05, 0.1) is 0 Å². The van der Waals surface area contributed by atoms with Gasteiger partial charge in [0.25, 0.3) is 0 Å². The zero-order chi connectivity index (χ0) is 9.07. The van der Waals surface area contributed by atoms with E-state index in [1.165, 1.54) is 19.3 Å². The molecule has 12 heavy (non-hydrogen) atoms. The van der Waals surface area contributed by atoms with Gasteiger partial charge in [0, 0.05) is 6.61 Å². The first kappa shape index (κ1) is 11.2. The van der Waals surface area contributed by atoms with Crippen molar-refractivity contribution in [1.82, 2.24) is 0 Å². The Bertz CT molecular complexity index is 153. The smallest absolute Gasteiger partial charge is 0.192 e. The summed E-state index contributed by atoms with van der Waals surface area (Å²) >= 11 is 0. The molecule has 0 aliphatic carbocycles. The summed E-state index contributed by atoms with van der Waals surface area (Å²) in [4.78, 5) is 9.75. The second kappa shape index (κ2) is 10.2. The summed E-state index contributed by atoms with van der Waals surface area (Å²) in [7, 11) is 0. The molecule has 2 heteroatoms. The first-order valence-electron chi connectivity index (χ1n) is 4.41. The normalized spacial score (nSPS) is 8.75. The third-order valence-corrected chi connectivity index (χ3v) is 1.48. The summed E-state index contributed by atoms with van der Waals surface area (Å²) in [6, 6.07) is 0. The summed E-state index contributed by atoms with van der Waals surface area (Å²) in [6.45, 7) is 3.31. The molecule has 0 amide bonds. The lowest BCUT2D eigenvalue weighted by Gasteiger charge is -1.98. The maximum atomic E-state index is 9.75. The lowest BCUT2D eigenvalue weighted by molar-refractivity contribution is -0.103. The molecule has 0 unspecified atom stereocenters. The summed E-state index contributed by atoms with van der Waals surface area (Å²) in [5.74, 6) is 4.88. The Morgan fingerprint density at radius 2 is 2.17 bits per heavy atom. The van der Waals surface area contributed by atoms with E-state index in [1.54, 1.807) is 0 Å². The van der Waals surface area contributed by atoms with E-state index < -0.39 is 0 Å². The Hall–Kier alpha value is -0.810. The molecule has 0 radical (unpaired) electrons. The number of hydrogen-bond donors (Lipinski definition) is 0. The number of carbonyl (C=O) groups is 1. The summed E-state index contributed by atoms with van der Waals surface area (Å²) < 4.78 is 5.15. The molecule has 0 rings (SSSR count). The third kappa shape index (κ3) is 9.19. The fourth-order valence-corrected chi connectivity index (χ4v) is 0.837. The van der Waals surface area contributed by atoms with Crippen LogP contribution in [0.1, 0.15) is 32.6 Å². The van der Waals surface area contributed by atoms with E-state index in [0.717, 1.165) is 13.0 Å². The predicted octanol–water partition coefficient (Wildman–Crippen LogP) is 1.79. The molecule has 0 aliphatic rings. The van der Waals surface area contributed by atoms with Crippen LogP contribution < -0.4 is 0 Å². The largest absolute Gasteiger partial charge is 0.369 e. The van der Waals surface area contributed by atoms with Gasteiger partial charge >= 0.3 is 0 Å². The van der Waals surface area contributed by atoms with Crippen LogP contribution in [0, 0.1) is 11.8 Å². The van der Waals surface area contributed by atoms with Gasteiger partial charge in [0.2, 0.25) is 0 Å². The monoisotopic (exact) mass is 168 g/mol. The Labute approximate surface area is 74.3 Å². The molecule has 0 fully saturated rings. The number of unbranched alkanes of at least 4 members (excludes halogenated alkanes) is 3. The molecule has 0 saturated heterocycles. The van der Waals surface area contributed by atoms with Gasteiger partial charge in [0.15, 0.2) is 6.29 Å². The molecule has 0 heterocycles. The van der Waals surface area contributed by atoms with Gasteiger partial charge in [-0.3, -0.25) is 4.79 Å². The van der Waals surface area contributed by atoms with Gasteiger partial charge in [-0.05, 0) is 12.3 Å². The molecular weight excluding hydrogens is 152 g/mol. The zero-order valence-electron chi connectivity index (χ0n) is 7.64. The van der Waals surface area contributed by atoms with E-state index in [1.807, 2.05) is 0 Å². The van der Waals surface area contributed by atoms with Gasteiger partial charge in [0.1, 0.15) is 6.61 Å². The number of aldehydes is 1. The van der Waals surface area contributed by atoms with Crippen LogP contribution in [-0.4, -0.2) is 19.5 Å². The predicted molar refractivity (Wildman–Crippen MR) is 48.8 cm³/mol. The van der Waals surface area contributed by atoms with E-state index >= 15 is 0 Å². The minimum atomic E-state index is 0.380. The number of rotatable bonds is 6. The minimum absolute atomic E-state index is 0.380. The van der Waals surface area contributed by atoms with Crippen molar-refractivity contribution in [2.24, 2.45) is 0 Å². The Morgan fingerprint density at radius 1 is 1.33 bits per heavy atom. The van der Waals surface area contributed by atoms with Crippen LogP contribution in [0.15, 0.2) is 0 Å². The first-order chi connectivity index (χ1) is 5.91. The van der Waals surface area contributed by atoms with E-state index in [4.69, 9.17) is 4.74 Å². The van der Waals surface area contributed by atoms with E-state index in [-0.39, 0.29) is 0 Å². The molecule has 0 atom stereocenters. The summed E-state index contributed by atoms with van der Waals surface area (Å²) in [5.41, 5.74) is 0. The third-order valence-electron chi connectivity index (χ3n) is 1.48. The number of ether oxygens (including phenoxy) is 1. The van der Waals surface area contributed by atoms with Gasteiger partial charge in [-0.2, -0.15) is 0 Å². The first-order valence-corrected chi connectivity index (χ1v) is 4.41. The van der Waals surface area contributed by atoms with Crippen molar-refractivity contribution < 1.29 is 9.53 Å². The van der Waals surface area contributed by atoms with E-state index in [2.05, 4.69) is 18.8 Å². The second-order valence-corrected chi connectivity index (χ2v) is 2.55. The van der Waals surface area contributed by atoms with Gasteiger partial charge in [-0.1, -0.05) is 32.1 Å². The van der Waals surface area contributed by atoms with Crippen LogP contribution in [0.4, 0.5) is 0 Å². The van der Waals surface area contributed by atoms with Crippen LogP contribution in [0.5, 0.6) is 0 Å². The van der Waals surface area contributed by atoms with Crippen molar-refractivity contribution in [2.45, 2.75) is 32.6 Å². The van der Waals surface area contributed by atoms with Crippen molar-refractivity contribution >= 4 is 6.29 Å². The van der Waals surface area contributed by atoms with Crippen LogP contribution in [0.3, 0.4) is 0 Å². The van der Waals surface area contributed by atoms with Crippen molar-refractivity contribution in [3.05, 3.63) is 0 Å². The molecule has 0 aromatic heterocycles. The summed E-state index contributed by atoms with van der Waals surface area (Å²) in [5, 5.41) is 0. The maximum Gasteiger partial charge on any atom is 0.192 e. The molecule has 0 N–H and O–H groups in total. The van der Waals surface area contributed by atoms with Crippen LogP contribution >= 0.6 is 0 Å². The van der Waals surface area contributed by atoms with E-state index in [9.17, 15) is 4.79 Å². The standard InChI is InChI=1S/C10H16O2/c1-2-3-4-6-9-12-10-7-5-8-11/h8H,2-4,6,9-10H2,1H3. The topological polar surface area (TPSA) is 26.3 Å². The fraction of sp³-hybridized carbons (Fsp3) is 0.700. The highest BCUT2D eigenvalue weighted by Gasteiger charge is 1.86. The van der Waals surface area contributed by atoms with Crippen molar-refractivity contribution in [2.75, 3.05) is 13.2 Å². The molecule has 0 bridgehead atoms. The Morgan fingerprint density at radius 3 is 2.83 bits per heavy atom. The number of hydrogen-bond acceptors (Lipinski definition) is 2. The van der Waals surface area contributed by atoms with Gasteiger partial charge in [-0.25, -0.2) is 0 Å². The molecule has 2 nitrogen and oxygen atoms in total. The average molecular weight is 168 g/mol. The molecule has 0 aliphatic heterocycles. The number of carbonyl (C=O) groups excluding carboxylic acids is 1. The van der Waals surface area contributed by atoms with Crippen LogP contribution in [0.25, 0.3) is 0 Å². The molecule has 68 valence electrons. The molecule has 0 spiro atoms. The lowest BCUT2D eigenvalue weighted by atomic mass is 10.2. The van der Waals surface area contributed by atoms with Crippen molar-refractivity contribution in [1.29, 1.82) is 0 Å². The highest BCUT2D eigenvalue weighted by atomic mass is 16.5. The quantitative estimate of drug-likeness (QED) is 0.343. The molecule has 0 aromatic rings. The van der Waals surface area contributed by atoms with Crippen LogP contribution in [-0.2, 0) is 9.53 Å². The molecule has 0 saturated carbocycles. The van der Waals surface area contributed by atoms with Crippen molar-refractivity contribution in [3.63, 3.8) is 0 Å². The summed E-state index contributed by atoms with van der Waals surface area (Å²) in [6.07, 6.45) is 5.41. The fourth-order valence-electron chi connectivity index (χ4n) is 0.837. The second-order valence-electron chi connectivity index (χ2n) is 2.55. The maximum absolute atomic E-state index is 9.75. The van der Waals surface area contributed by atoms with Crippen molar-refractivity contribution in [3.8, 4) is 11.8 Å². The highest BCUT2D eigenvalue weighted by molar-refractivity contribution is 5.72. The zero-order valence-corrected chi connectivity index (χ0v) is 7.64.